The predicted octanol–water partition coefficient (Wildman–Crippen LogP) is 2.87. The normalized spacial score (nSPS) is 22.3. The van der Waals surface area contributed by atoms with E-state index in [9.17, 15) is 18.8 Å². The first-order valence-electron chi connectivity index (χ1n) is 10.9. The van der Waals surface area contributed by atoms with E-state index in [4.69, 9.17) is 4.74 Å². The van der Waals surface area contributed by atoms with Crippen LogP contribution in [0, 0.1) is 23.6 Å². The van der Waals surface area contributed by atoms with Gasteiger partial charge in [-0.05, 0) is 61.6 Å². The van der Waals surface area contributed by atoms with Gasteiger partial charge in [0, 0.05) is 19.0 Å². The van der Waals surface area contributed by atoms with E-state index < -0.39 is 0 Å². The Balaban J connectivity index is 1.55. The molecule has 6 nitrogen and oxygen atoms in total. The number of nitrogens with zero attached hydrogens (tertiary/aromatic N) is 1. The van der Waals surface area contributed by atoms with Crippen LogP contribution in [-0.2, 0) is 19.1 Å². The fourth-order valence-electron chi connectivity index (χ4n) is 4.31. The van der Waals surface area contributed by atoms with Gasteiger partial charge in [-0.1, -0.05) is 19.1 Å². The van der Waals surface area contributed by atoms with E-state index in [-0.39, 0.29) is 54.3 Å². The van der Waals surface area contributed by atoms with Gasteiger partial charge in [0.15, 0.2) is 0 Å². The van der Waals surface area contributed by atoms with E-state index >= 15 is 0 Å². The molecule has 2 aliphatic rings. The number of amides is 2. The molecule has 0 aromatic heterocycles. The zero-order chi connectivity index (χ0) is 21.7. The Bertz CT molecular complexity index is 759. The number of benzene rings is 1. The van der Waals surface area contributed by atoms with E-state index in [1.54, 1.807) is 24.0 Å². The average Bonchev–Trinajstić information content (AvgIpc) is 3.48. The summed E-state index contributed by atoms with van der Waals surface area (Å²) in [5, 5.41) is 2.75. The Morgan fingerprint density at radius 1 is 1.20 bits per heavy atom. The molecule has 1 aromatic carbocycles. The maximum absolute atomic E-state index is 13.4. The monoisotopic (exact) mass is 418 g/mol. The lowest BCUT2D eigenvalue weighted by molar-refractivity contribution is -0.144. The molecule has 0 bridgehead atoms. The van der Waals surface area contributed by atoms with Crippen LogP contribution >= 0.6 is 0 Å². The molecule has 1 heterocycles. The zero-order valence-electron chi connectivity index (χ0n) is 17.7. The topological polar surface area (TPSA) is 75.7 Å². The highest BCUT2D eigenvalue weighted by Gasteiger charge is 2.39. The summed E-state index contributed by atoms with van der Waals surface area (Å²) >= 11 is 0. The van der Waals surface area contributed by atoms with Crippen LogP contribution in [0.2, 0.25) is 0 Å². The summed E-state index contributed by atoms with van der Waals surface area (Å²) in [5.41, 5.74) is 0.917. The summed E-state index contributed by atoms with van der Waals surface area (Å²) in [7, 11) is 0. The molecule has 3 rings (SSSR count). The van der Waals surface area contributed by atoms with Crippen molar-refractivity contribution in [3.63, 3.8) is 0 Å². The standard InChI is InChI=1S/C23H31FN2O4/c1-3-30-22(28)13-20(16-4-6-18(24)7-5-16)17-8-10-26(11-9-17)21(27)14-25-23(29)19-12-15(19)2/h4-7,15,17,19-20H,3,8-14H2,1-2H3,(H,25,29). The third kappa shape index (κ3) is 5.80. The fourth-order valence-corrected chi connectivity index (χ4v) is 4.31. The summed E-state index contributed by atoms with van der Waals surface area (Å²) in [6, 6.07) is 6.28. The van der Waals surface area contributed by atoms with Gasteiger partial charge < -0.3 is 15.0 Å². The lowest BCUT2D eigenvalue weighted by Crippen LogP contribution is -2.45. The number of nitrogens with one attached hydrogen (secondary N) is 1. The first kappa shape index (κ1) is 22.2. The van der Waals surface area contributed by atoms with Gasteiger partial charge in [0.1, 0.15) is 5.82 Å². The summed E-state index contributed by atoms with van der Waals surface area (Å²) in [6.45, 7) is 5.34. The van der Waals surface area contributed by atoms with Gasteiger partial charge in [-0.2, -0.15) is 0 Å². The van der Waals surface area contributed by atoms with Gasteiger partial charge in [0.25, 0.3) is 0 Å². The molecule has 30 heavy (non-hydrogen) atoms. The molecule has 7 heteroatoms. The van der Waals surface area contributed by atoms with Crippen molar-refractivity contribution >= 4 is 17.8 Å². The number of hydrogen-bond donors (Lipinski definition) is 1. The number of halogens is 1. The molecule has 0 radical (unpaired) electrons. The van der Waals surface area contributed by atoms with E-state index in [1.165, 1.54) is 12.1 Å². The number of likely N-dealkylation sites (tertiary alicyclic amines) is 1. The second-order valence-corrected chi connectivity index (χ2v) is 8.42. The first-order valence-corrected chi connectivity index (χ1v) is 10.9. The van der Waals surface area contributed by atoms with Crippen LogP contribution in [0.4, 0.5) is 4.39 Å². The Morgan fingerprint density at radius 2 is 1.83 bits per heavy atom. The van der Waals surface area contributed by atoms with Crippen LogP contribution in [0.25, 0.3) is 0 Å². The Morgan fingerprint density at radius 3 is 2.40 bits per heavy atom. The third-order valence-electron chi connectivity index (χ3n) is 6.31. The van der Waals surface area contributed by atoms with Crippen LogP contribution in [0.5, 0.6) is 0 Å². The molecule has 1 aliphatic carbocycles. The van der Waals surface area contributed by atoms with Crippen molar-refractivity contribution < 1.29 is 23.5 Å². The average molecular weight is 419 g/mol. The number of carbonyl (C=O) groups is 3. The molecule has 1 saturated carbocycles. The van der Waals surface area contributed by atoms with E-state index in [0.717, 1.165) is 24.8 Å². The van der Waals surface area contributed by atoms with Crippen molar-refractivity contribution in [3.05, 3.63) is 35.6 Å². The Hall–Kier alpha value is -2.44. The largest absolute Gasteiger partial charge is 0.466 e. The van der Waals surface area contributed by atoms with Gasteiger partial charge in [0.2, 0.25) is 11.8 Å². The minimum atomic E-state index is -0.309. The smallest absolute Gasteiger partial charge is 0.306 e. The molecule has 1 aromatic rings. The summed E-state index contributed by atoms with van der Waals surface area (Å²) < 4.78 is 18.5. The van der Waals surface area contributed by atoms with Crippen LogP contribution < -0.4 is 5.32 Å². The van der Waals surface area contributed by atoms with Crippen molar-refractivity contribution in [2.24, 2.45) is 17.8 Å². The van der Waals surface area contributed by atoms with Gasteiger partial charge in [-0.25, -0.2) is 4.39 Å². The van der Waals surface area contributed by atoms with Crippen molar-refractivity contribution in [1.29, 1.82) is 0 Å². The summed E-state index contributed by atoms with van der Waals surface area (Å²) in [5.74, 6) is -0.0697. The Kier molecular flexibility index (Phi) is 7.45. The number of rotatable bonds is 8. The van der Waals surface area contributed by atoms with E-state index in [2.05, 4.69) is 5.32 Å². The maximum Gasteiger partial charge on any atom is 0.306 e. The number of ether oxygens (including phenoxy) is 1. The first-order chi connectivity index (χ1) is 14.4. The molecule has 164 valence electrons. The lowest BCUT2D eigenvalue weighted by Gasteiger charge is -2.36. The molecule has 1 saturated heterocycles. The zero-order valence-corrected chi connectivity index (χ0v) is 17.7. The second kappa shape index (κ2) is 10.0. The van der Waals surface area contributed by atoms with Gasteiger partial charge in [-0.3, -0.25) is 14.4 Å². The molecule has 3 atom stereocenters. The van der Waals surface area contributed by atoms with Gasteiger partial charge >= 0.3 is 5.97 Å². The second-order valence-electron chi connectivity index (χ2n) is 8.42. The minimum Gasteiger partial charge on any atom is -0.466 e. The molecule has 0 spiro atoms. The van der Waals surface area contributed by atoms with Gasteiger partial charge in [0.05, 0.1) is 19.6 Å². The molecular weight excluding hydrogens is 387 g/mol. The number of piperidine rings is 1. The molecule has 3 unspecified atom stereocenters. The molecule has 1 N–H and O–H groups in total. The highest BCUT2D eigenvalue weighted by Crippen LogP contribution is 2.38. The van der Waals surface area contributed by atoms with Crippen molar-refractivity contribution in [1.82, 2.24) is 10.2 Å². The van der Waals surface area contributed by atoms with Crippen molar-refractivity contribution in [2.45, 2.75) is 45.4 Å². The highest BCUT2D eigenvalue weighted by molar-refractivity contribution is 5.87. The number of hydrogen-bond acceptors (Lipinski definition) is 4. The summed E-state index contributed by atoms with van der Waals surface area (Å²) in [4.78, 5) is 38.3. The predicted molar refractivity (Wildman–Crippen MR) is 110 cm³/mol. The van der Waals surface area contributed by atoms with E-state index in [0.29, 0.717) is 25.6 Å². The van der Waals surface area contributed by atoms with Crippen LogP contribution in [0.1, 0.15) is 51.0 Å². The number of carbonyl (C=O) groups excluding carboxylic acids is 3. The summed E-state index contributed by atoms with van der Waals surface area (Å²) in [6.07, 6.45) is 2.64. The minimum absolute atomic E-state index is 0.0310. The van der Waals surface area contributed by atoms with Crippen molar-refractivity contribution in [3.8, 4) is 0 Å². The molecular formula is C23H31FN2O4. The quantitative estimate of drug-likeness (QED) is 0.659. The molecule has 2 amide bonds. The van der Waals surface area contributed by atoms with Crippen LogP contribution in [0.3, 0.4) is 0 Å². The molecule has 1 aliphatic heterocycles. The van der Waals surface area contributed by atoms with Gasteiger partial charge in [-0.15, -0.1) is 0 Å². The number of esters is 1. The SMILES string of the molecule is CCOC(=O)CC(c1ccc(F)cc1)C1CCN(C(=O)CNC(=O)C2CC2C)CC1. The highest BCUT2D eigenvalue weighted by atomic mass is 19.1. The lowest BCUT2D eigenvalue weighted by atomic mass is 9.78. The fraction of sp³-hybridized carbons (Fsp3) is 0.609. The van der Waals surface area contributed by atoms with Crippen LogP contribution in [0.15, 0.2) is 24.3 Å². The van der Waals surface area contributed by atoms with Crippen LogP contribution in [-0.4, -0.2) is 48.9 Å². The molecule has 2 fully saturated rings. The third-order valence-corrected chi connectivity index (χ3v) is 6.31. The Labute approximate surface area is 177 Å². The van der Waals surface area contributed by atoms with E-state index in [1.807, 2.05) is 6.92 Å². The maximum atomic E-state index is 13.4. The van der Waals surface area contributed by atoms with Crippen molar-refractivity contribution in [2.75, 3.05) is 26.2 Å².